The first kappa shape index (κ1) is 23.9. The summed E-state index contributed by atoms with van der Waals surface area (Å²) in [5, 5.41) is 9.68. The monoisotopic (exact) mass is 439 g/mol. The zero-order valence-electron chi connectivity index (χ0n) is 19.5. The van der Waals surface area contributed by atoms with Gasteiger partial charge >= 0.3 is 0 Å². The van der Waals surface area contributed by atoms with Crippen molar-refractivity contribution < 1.29 is 13.9 Å². The van der Waals surface area contributed by atoms with Gasteiger partial charge in [0.05, 0.1) is 18.0 Å². The second kappa shape index (κ2) is 10.7. The number of para-hydroxylation sites is 1. The van der Waals surface area contributed by atoms with Gasteiger partial charge < -0.3 is 10.1 Å². The Morgan fingerprint density at radius 1 is 1.22 bits per heavy atom. The van der Waals surface area contributed by atoms with Crippen LogP contribution in [0.15, 0.2) is 53.6 Å². The van der Waals surface area contributed by atoms with Gasteiger partial charge in [-0.1, -0.05) is 51.0 Å². The van der Waals surface area contributed by atoms with Gasteiger partial charge in [0.25, 0.3) is 0 Å². The summed E-state index contributed by atoms with van der Waals surface area (Å²) in [7, 11) is 1.60. The first-order valence-electron chi connectivity index (χ1n) is 11.5. The highest BCUT2D eigenvalue weighted by Crippen LogP contribution is 2.42. The number of anilines is 1. The third-order valence-corrected chi connectivity index (χ3v) is 6.27. The second-order valence-corrected chi connectivity index (χ2v) is 8.39. The minimum Gasteiger partial charge on any atom is -0.383 e. The molecule has 0 saturated carbocycles. The summed E-state index contributed by atoms with van der Waals surface area (Å²) >= 11 is 0. The number of carbonyl (C=O) groups excluding carboxylic acids is 1. The summed E-state index contributed by atoms with van der Waals surface area (Å²) in [4.78, 5) is 13.6. The maximum Gasteiger partial charge on any atom is 0.248 e. The Hall–Kier alpha value is -2.73. The van der Waals surface area contributed by atoms with Crippen molar-refractivity contribution in [3.8, 4) is 0 Å². The Morgan fingerprint density at radius 2 is 1.97 bits per heavy atom. The SMILES string of the molecule is CCCCC1C(c2ccc(CC)cc2F)=NN(c2ccccc2)C1(C)C(=O)NCCOC. The third-order valence-electron chi connectivity index (χ3n) is 6.27. The molecule has 1 heterocycles. The van der Waals surface area contributed by atoms with Crippen LogP contribution in [-0.2, 0) is 16.0 Å². The van der Waals surface area contributed by atoms with E-state index in [2.05, 4.69) is 12.2 Å². The van der Waals surface area contributed by atoms with Crippen LogP contribution in [0.25, 0.3) is 0 Å². The Morgan fingerprint density at radius 3 is 2.59 bits per heavy atom. The van der Waals surface area contributed by atoms with Crippen LogP contribution in [0.2, 0.25) is 0 Å². The number of carbonyl (C=O) groups is 1. The van der Waals surface area contributed by atoms with E-state index in [-0.39, 0.29) is 17.6 Å². The van der Waals surface area contributed by atoms with E-state index < -0.39 is 5.54 Å². The highest BCUT2D eigenvalue weighted by molar-refractivity contribution is 6.10. The maximum absolute atomic E-state index is 15.2. The molecule has 0 radical (unpaired) electrons. The standard InChI is InChI=1S/C26H34FN3O2/c1-5-7-13-22-24(21-15-14-19(6-2)18-23(21)27)29-30(20-11-9-8-10-12-20)26(22,3)25(31)28-16-17-32-4/h8-12,14-15,18,22H,5-7,13,16-17H2,1-4H3,(H,28,31). The van der Waals surface area contributed by atoms with E-state index in [1.807, 2.05) is 56.3 Å². The molecule has 1 N–H and O–H groups in total. The van der Waals surface area contributed by atoms with Gasteiger partial charge in [0, 0.05) is 25.1 Å². The summed E-state index contributed by atoms with van der Waals surface area (Å²) in [6.07, 6.45) is 3.40. The Kier molecular flexibility index (Phi) is 8.02. The lowest BCUT2D eigenvalue weighted by molar-refractivity contribution is -0.127. The molecule has 172 valence electrons. The number of ether oxygens (including phenoxy) is 1. The Labute approximate surface area is 190 Å². The lowest BCUT2D eigenvalue weighted by Crippen LogP contribution is -2.58. The van der Waals surface area contributed by atoms with Crippen molar-refractivity contribution in [2.75, 3.05) is 25.3 Å². The van der Waals surface area contributed by atoms with Gasteiger partial charge in [-0.3, -0.25) is 4.79 Å². The third kappa shape index (κ3) is 4.70. The van der Waals surface area contributed by atoms with Crippen molar-refractivity contribution in [2.24, 2.45) is 11.0 Å². The highest BCUT2D eigenvalue weighted by atomic mass is 19.1. The normalized spacial score (nSPS) is 20.3. The van der Waals surface area contributed by atoms with E-state index >= 15 is 4.39 Å². The fourth-order valence-electron chi connectivity index (χ4n) is 4.34. The maximum atomic E-state index is 15.2. The fraction of sp³-hybridized carbons (Fsp3) is 0.462. The van der Waals surface area contributed by atoms with Crippen LogP contribution in [-0.4, -0.2) is 37.4 Å². The van der Waals surface area contributed by atoms with Crippen LogP contribution >= 0.6 is 0 Å². The van der Waals surface area contributed by atoms with E-state index in [1.54, 1.807) is 18.2 Å². The minimum atomic E-state index is -0.991. The van der Waals surface area contributed by atoms with Crippen molar-refractivity contribution in [3.63, 3.8) is 0 Å². The summed E-state index contributed by atoms with van der Waals surface area (Å²) in [5.74, 6) is -0.683. The van der Waals surface area contributed by atoms with E-state index in [0.717, 1.165) is 36.9 Å². The van der Waals surface area contributed by atoms with Crippen LogP contribution in [0, 0.1) is 11.7 Å². The highest BCUT2D eigenvalue weighted by Gasteiger charge is 2.53. The van der Waals surface area contributed by atoms with Gasteiger partial charge in [0.2, 0.25) is 5.91 Å². The molecule has 0 aliphatic carbocycles. The predicted molar refractivity (Wildman–Crippen MR) is 128 cm³/mol. The number of amides is 1. The molecule has 3 rings (SSSR count). The molecule has 2 unspecified atom stereocenters. The largest absolute Gasteiger partial charge is 0.383 e. The molecule has 2 aromatic rings. The van der Waals surface area contributed by atoms with Crippen molar-refractivity contribution in [1.29, 1.82) is 0 Å². The fourth-order valence-corrected chi connectivity index (χ4v) is 4.34. The quantitative estimate of drug-likeness (QED) is 0.534. The molecular formula is C26H34FN3O2. The molecule has 32 heavy (non-hydrogen) atoms. The number of rotatable bonds is 10. The molecule has 0 saturated heterocycles. The molecule has 2 aromatic carbocycles. The van der Waals surface area contributed by atoms with Crippen molar-refractivity contribution in [3.05, 3.63) is 65.5 Å². The van der Waals surface area contributed by atoms with Gasteiger partial charge in [-0.2, -0.15) is 5.10 Å². The lowest BCUT2D eigenvalue weighted by atomic mass is 9.76. The second-order valence-electron chi connectivity index (χ2n) is 8.39. The molecule has 0 spiro atoms. The summed E-state index contributed by atoms with van der Waals surface area (Å²) in [6, 6.07) is 15.0. The number of benzene rings is 2. The number of methoxy groups -OCH3 is 1. The van der Waals surface area contributed by atoms with Gasteiger partial charge in [-0.15, -0.1) is 0 Å². The van der Waals surface area contributed by atoms with Gasteiger partial charge in [0.1, 0.15) is 11.4 Å². The van der Waals surface area contributed by atoms with Gasteiger partial charge in [-0.05, 0) is 49.6 Å². The number of halogens is 1. The Bertz CT molecular complexity index is 947. The summed E-state index contributed by atoms with van der Waals surface area (Å²) in [5.41, 5.74) is 1.86. The minimum absolute atomic E-state index is 0.135. The molecule has 1 aliphatic rings. The van der Waals surface area contributed by atoms with E-state index in [9.17, 15) is 4.79 Å². The molecule has 0 bridgehead atoms. The molecule has 5 nitrogen and oxygen atoms in total. The van der Waals surface area contributed by atoms with Crippen LogP contribution in [0.3, 0.4) is 0 Å². The number of hydrogen-bond acceptors (Lipinski definition) is 4. The topological polar surface area (TPSA) is 53.9 Å². The smallest absolute Gasteiger partial charge is 0.248 e. The number of unbranched alkanes of at least 4 members (excludes halogenated alkanes) is 1. The van der Waals surface area contributed by atoms with Crippen molar-refractivity contribution in [1.82, 2.24) is 5.32 Å². The molecule has 0 aromatic heterocycles. The van der Waals surface area contributed by atoms with Crippen LogP contribution in [0.1, 0.15) is 51.2 Å². The van der Waals surface area contributed by atoms with Crippen molar-refractivity contribution >= 4 is 17.3 Å². The van der Waals surface area contributed by atoms with Gasteiger partial charge in [0.15, 0.2) is 0 Å². The van der Waals surface area contributed by atoms with Crippen LogP contribution in [0.4, 0.5) is 10.1 Å². The predicted octanol–water partition coefficient (Wildman–Crippen LogP) is 4.94. The summed E-state index contributed by atoms with van der Waals surface area (Å²) in [6.45, 7) is 6.87. The number of hydrogen-bond donors (Lipinski definition) is 1. The van der Waals surface area contributed by atoms with Crippen LogP contribution in [0.5, 0.6) is 0 Å². The number of nitrogens with zero attached hydrogens (tertiary/aromatic N) is 2. The number of nitrogens with one attached hydrogen (secondary N) is 1. The molecule has 6 heteroatoms. The molecular weight excluding hydrogens is 405 g/mol. The van der Waals surface area contributed by atoms with Crippen molar-refractivity contribution in [2.45, 2.75) is 52.0 Å². The average molecular weight is 440 g/mol. The molecule has 1 amide bonds. The van der Waals surface area contributed by atoms with Gasteiger partial charge in [-0.25, -0.2) is 9.40 Å². The first-order valence-corrected chi connectivity index (χ1v) is 11.5. The van der Waals surface area contributed by atoms with E-state index in [1.165, 1.54) is 0 Å². The zero-order chi connectivity index (χ0) is 23.1. The number of hydrazone groups is 1. The van der Waals surface area contributed by atoms with E-state index in [0.29, 0.717) is 24.4 Å². The lowest BCUT2D eigenvalue weighted by Gasteiger charge is -2.37. The molecule has 1 aliphatic heterocycles. The van der Waals surface area contributed by atoms with E-state index in [4.69, 9.17) is 9.84 Å². The Balaban J connectivity index is 2.11. The number of aryl methyl sites for hydroxylation is 1. The molecule has 2 atom stereocenters. The van der Waals surface area contributed by atoms with Crippen LogP contribution < -0.4 is 10.3 Å². The average Bonchev–Trinajstić information content (AvgIpc) is 3.11. The zero-order valence-corrected chi connectivity index (χ0v) is 19.5. The summed E-state index contributed by atoms with van der Waals surface area (Å²) < 4.78 is 20.3. The first-order chi connectivity index (χ1) is 15.5. The molecule has 0 fully saturated rings.